The number of aromatic nitrogens is 2. The average molecular weight is 305 g/mol. The molecule has 114 valence electrons. The van der Waals surface area contributed by atoms with E-state index in [4.69, 9.17) is 4.74 Å². The molecule has 1 atom stereocenters. The lowest BCUT2D eigenvalue weighted by Gasteiger charge is -2.19. The van der Waals surface area contributed by atoms with E-state index < -0.39 is 0 Å². The minimum atomic E-state index is 0.260. The molecule has 21 heavy (non-hydrogen) atoms. The molecule has 1 unspecified atom stereocenters. The van der Waals surface area contributed by atoms with Crippen molar-refractivity contribution in [1.29, 1.82) is 0 Å². The molecule has 0 aromatic carbocycles. The van der Waals surface area contributed by atoms with Gasteiger partial charge >= 0.3 is 0 Å². The molecular weight excluding hydrogens is 282 g/mol. The molecule has 5 heteroatoms. The molecule has 0 saturated heterocycles. The Kier molecular flexibility index (Phi) is 5.70. The quantitative estimate of drug-likeness (QED) is 0.851. The predicted molar refractivity (Wildman–Crippen MR) is 87.1 cm³/mol. The molecule has 0 radical (unpaired) electrons. The first-order chi connectivity index (χ1) is 10.2. The fourth-order valence-corrected chi connectivity index (χ4v) is 3.16. The van der Waals surface area contributed by atoms with Gasteiger partial charge in [0.25, 0.3) is 0 Å². The van der Waals surface area contributed by atoms with E-state index in [1.165, 1.54) is 4.88 Å². The molecular formula is C16H23N3OS. The monoisotopic (exact) mass is 305 g/mol. The van der Waals surface area contributed by atoms with Gasteiger partial charge in [-0.25, -0.2) is 0 Å². The van der Waals surface area contributed by atoms with Crippen LogP contribution < -0.4 is 10.1 Å². The van der Waals surface area contributed by atoms with Gasteiger partial charge in [-0.3, -0.25) is 9.97 Å². The number of nitrogens with zero attached hydrogens (tertiary/aromatic N) is 2. The van der Waals surface area contributed by atoms with E-state index in [9.17, 15) is 0 Å². The number of thiazole rings is 1. The number of pyridine rings is 1. The lowest BCUT2D eigenvalue weighted by molar-refractivity contribution is 0.406. The van der Waals surface area contributed by atoms with Crippen LogP contribution in [0.25, 0.3) is 0 Å². The summed E-state index contributed by atoms with van der Waals surface area (Å²) in [7, 11) is 1.72. The number of aryl methyl sites for hydroxylation is 1. The maximum absolute atomic E-state index is 5.50. The summed E-state index contributed by atoms with van der Waals surface area (Å²) in [5, 5.41) is 3.59. The van der Waals surface area contributed by atoms with Gasteiger partial charge in [-0.2, -0.15) is 0 Å². The van der Waals surface area contributed by atoms with Crippen LogP contribution in [-0.2, 0) is 6.42 Å². The first-order valence-electron chi connectivity index (χ1n) is 7.28. The topological polar surface area (TPSA) is 47.0 Å². The van der Waals surface area contributed by atoms with Crippen LogP contribution in [0.1, 0.15) is 41.1 Å². The first-order valence-corrected chi connectivity index (χ1v) is 8.16. The molecule has 0 aliphatic rings. The number of rotatable bonds is 7. The molecule has 0 aliphatic heterocycles. The summed E-state index contributed by atoms with van der Waals surface area (Å²) in [4.78, 5) is 10.1. The predicted octanol–water partition coefficient (Wildman–Crippen LogP) is 3.45. The largest absolute Gasteiger partial charge is 0.496 e. The zero-order valence-electron chi connectivity index (χ0n) is 13.1. The zero-order valence-corrected chi connectivity index (χ0v) is 14.0. The number of methoxy groups -OCH3 is 1. The first kappa shape index (κ1) is 15.9. The Labute approximate surface area is 130 Å². The molecule has 0 bridgehead atoms. The molecule has 1 N–H and O–H groups in total. The molecule has 0 spiro atoms. The average Bonchev–Trinajstić information content (AvgIpc) is 3.00. The van der Waals surface area contributed by atoms with E-state index in [1.807, 2.05) is 24.8 Å². The zero-order chi connectivity index (χ0) is 15.2. The number of nitrogens with one attached hydrogen (secondary N) is 1. The summed E-state index contributed by atoms with van der Waals surface area (Å²) >= 11 is 1.69. The van der Waals surface area contributed by atoms with Crippen molar-refractivity contribution in [3.05, 3.63) is 39.6 Å². The van der Waals surface area contributed by atoms with Crippen molar-refractivity contribution in [3.63, 3.8) is 0 Å². The highest BCUT2D eigenvalue weighted by atomic mass is 32.1. The molecule has 0 fully saturated rings. The fourth-order valence-electron chi connectivity index (χ4n) is 2.46. The van der Waals surface area contributed by atoms with Crippen LogP contribution in [0.5, 0.6) is 5.75 Å². The second kappa shape index (κ2) is 7.52. The second-order valence-corrected chi connectivity index (χ2v) is 6.08. The highest BCUT2D eigenvalue weighted by molar-refractivity contribution is 7.09. The van der Waals surface area contributed by atoms with Crippen LogP contribution >= 0.6 is 11.3 Å². The summed E-state index contributed by atoms with van der Waals surface area (Å²) in [6, 6.07) is 0.260. The molecule has 0 saturated carbocycles. The Hall–Kier alpha value is -1.46. The maximum Gasteiger partial charge on any atom is 0.128 e. The number of hydrogen-bond acceptors (Lipinski definition) is 5. The third-order valence-electron chi connectivity index (χ3n) is 3.58. The lowest BCUT2D eigenvalue weighted by Crippen LogP contribution is -2.24. The van der Waals surface area contributed by atoms with E-state index in [0.717, 1.165) is 42.0 Å². The van der Waals surface area contributed by atoms with Gasteiger partial charge in [-0.05, 0) is 26.8 Å². The van der Waals surface area contributed by atoms with Crippen molar-refractivity contribution in [2.75, 3.05) is 13.7 Å². The Morgan fingerprint density at radius 3 is 2.76 bits per heavy atom. The Bertz CT molecular complexity index is 569. The summed E-state index contributed by atoms with van der Waals surface area (Å²) in [5.74, 6) is 0.943. The number of hydrogen-bond donors (Lipinski definition) is 1. The van der Waals surface area contributed by atoms with Crippen LogP contribution in [0.4, 0.5) is 0 Å². The third-order valence-corrected chi connectivity index (χ3v) is 4.47. The van der Waals surface area contributed by atoms with E-state index in [-0.39, 0.29) is 6.04 Å². The standard InChI is InChI=1S/C16H23N3OS/c1-5-6-18-14(15-9-17-10-21-15)7-13-12(3)16(20-4)11(2)8-19-13/h8-10,14,18H,5-7H2,1-4H3. The molecule has 2 aromatic rings. The van der Waals surface area contributed by atoms with Crippen LogP contribution in [0, 0.1) is 13.8 Å². The third kappa shape index (κ3) is 3.80. The van der Waals surface area contributed by atoms with Crippen molar-refractivity contribution < 1.29 is 4.74 Å². The fraction of sp³-hybridized carbons (Fsp3) is 0.500. The molecule has 2 rings (SSSR count). The van der Waals surface area contributed by atoms with E-state index >= 15 is 0 Å². The number of ether oxygens (including phenoxy) is 1. The van der Waals surface area contributed by atoms with Gasteiger partial charge in [-0.15, -0.1) is 11.3 Å². The Balaban J connectivity index is 2.24. The van der Waals surface area contributed by atoms with Crippen LogP contribution in [-0.4, -0.2) is 23.6 Å². The van der Waals surface area contributed by atoms with E-state index in [0.29, 0.717) is 0 Å². The summed E-state index contributed by atoms with van der Waals surface area (Å²) in [5.41, 5.74) is 5.17. The Morgan fingerprint density at radius 2 is 2.14 bits per heavy atom. The van der Waals surface area contributed by atoms with Gasteiger partial charge in [-0.1, -0.05) is 6.92 Å². The van der Waals surface area contributed by atoms with Gasteiger partial charge in [0.05, 0.1) is 12.6 Å². The SMILES string of the molecule is CCCNC(Cc1ncc(C)c(OC)c1C)c1cncs1. The van der Waals surface area contributed by atoms with Crippen LogP contribution in [0.2, 0.25) is 0 Å². The van der Waals surface area contributed by atoms with Crippen LogP contribution in [0.15, 0.2) is 17.9 Å². The highest BCUT2D eigenvalue weighted by Gasteiger charge is 2.17. The van der Waals surface area contributed by atoms with Crippen molar-refractivity contribution in [1.82, 2.24) is 15.3 Å². The van der Waals surface area contributed by atoms with Gasteiger partial charge in [0, 0.05) is 46.6 Å². The van der Waals surface area contributed by atoms with Crippen molar-refractivity contribution in [2.45, 2.75) is 39.7 Å². The maximum atomic E-state index is 5.50. The molecule has 4 nitrogen and oxygen atoms in total. The highest BCUT2D eigenvalue weighted by Crippen LogP contribution is 2.28. The van der Waals surface area contributed by atoms with Gasteiger partial charge in [0.2, 0.25) is 0 Å². The molecule has 0 aliphatic carbocycles. The van der Waals surface area contributed by atoms with Crippen molar-refractivity contribution in [3.8, 4) is 5.75 Å². The smallest absolute Gasteiger partial charge is 0.128 e. The summed E-state index contributed by atoms with van der Waals surface area (Å²) in [6.07, 6.45) is 5.80. The molecule has 2 heterocycles. The van der Waals surface area contributed by atoms with Crippen molar-refractivity contribution in [2.24, 2.45) is 0 Å². The van der Waals surface area contributed by atoms with Crippen LogP contribution in [0.3, 0.4) is 0 Å². The van der Waals surface area contributed by atoms with Crippen molar-refractivity contribution >= 4 is 11.3 Å². The summed E-state index contributed by atoms with van der Waals surface area (Å²) in [6.45, 7) is 7.27. The van der Waals surface area contributed by atoms with E-state index in [2.05, 4.69) is 29.1 Å². The molecule has 2 aromatic heterocycles. The lowest BCUT2D eigenvalue weighted by atomic mass is 10.0. The molecule has 0 amide bonds. The second-order valence-electron chi connectivity index (χ2n) is 5.16. The summed E-state index contributed by atoms with van der Waals surface area (Å²) < 4.78 is 5.50. The van der Waals surface area contributed by atoms with E-state index in [1.54, 1.807) is 18.4 Å². The van der Waals surface area contributed by atoms with Gasteiger partial charge in [0.1, 0.15) is 5.75 Å². The van der Waals surface area contributed by atoms with Gasteiger partial charge in [0.15, 0.2) is 0 Å². The normalized spacial score (nSPS) is 12.4. The Morgan fingerprint density at radius 1 is 1.33 bits per heavy atom. The van der Waals surface area contributed by atoms with Gasteiger partial charge < -0.3 is 10.1 Å². The minimum absolute atomic E-state index is 0.260. The minimum Gasteiger partial charge on any atom is -0.496 e.